The van der Waals surface area contributed by atoms with Gasteiger partial charge in [0, 0.05) is 23.7 Å². The molecule has 1 aromatic heterocycles. The Hall–Kier alpha value is -0.940. The van der Waals surface area contributed by atoms with Crippen molar-refractivity contribution in [2.24, 2.45) is 10.2 Å². The highest BCUT2D eigenvalue weighted by molar-refractivity contribution is 8.13. The number of nitrogen functional groups attached to an aromatic ring is 1. The lowest BCUT2D eigenvalue weighted by molar-refractivity contribution is 1.28. The molecule has 6 heteroatoms. The van der Waals surface area contributed by atoms with Gasteiger partial charge in [-0.3, -0.25) is 0 Å². The van der Waals surface area contributed by atoms with E-state index in [1.54, 1.807) is 12.3 Å². The second-order valence-corrected chi connectivity index (χ2v) is 3.47. The molecule has 0 fully saturated rings. The van der Waals surface area contributed by atoms with Crippen molar-refractivity contribution in [3.63, 3.8) is 0 Å². The summed E-state index contributed by atoms with van der Waals surface area (Å²) in [5.41, 5.74) is 11.9. The lowest BCUT2D eigenvalue weighted by atomic mass is 10.3. The smallest absolute Gasteiger partial charge is 0.172 e. The van der Waals surface area contributed by atoms with Crippen LogP contribution in [0.15, 0.2) is 22.8 Å². The molecular weight excluding hydrogens is 208 g/mol. The standard InChI is InChI=1S/C7H9ClN4S/c8-12-7(10)13-4-5-1-2-11-6(9)3-5/h1-3H,4H2,(H2,9,11)(H2,10,12). The molecule has 0 saturated heterocycles. The van der Waals surface area contributed by atoms with Crippen LogP contribution < -0.4 is 11.5 Å². The van der Waals surface area contributed by atoms with Gasteiger partial charge in [-0.1, -0.05) is 11.8 Å². The Morgan fingerprint density at radius 3 is 3.08 bits per heavy atom. The summed E-state index contributed by atoms with van der Waals surface area (Å²) in [6.07, 6.45) is 1.65. The van der Waals surface area contributed by atoms with Gasteiger partial charge in [-0.05, 0) is 17.7 Å². The van der Waals surface area contributed by atoms with Crippen LogP contribution in [0.2, 0.25) is 0 Å². The van der Waals surface area contributed by atoms with E-state index in [4.69, 9.17) is 23.2 Å². The minimum absolute atomic E-state index is 0.344. The first kappa shape index (κ1) is 10.1. The molecule has 4 N–H and O–H groups in total. The molecule has 0 aliphatic heterocycles. The van der Waals surface area contributed by atoms with Crippen molar-refractivity contribution >= 4 is 34.5 Å². The van der Waals surface area contributed by atoms with E-state index in [9.17, 15) is 0 Å². The second kappa shape index (κ2) is 4.94. The van der Waals surface area contributed by atoms with Gasteiger partial charge in [0.25, 0.3) is 0 Å². The summed E-state index contributed by atoms with van der Waals surface area (Å²) >= 11 is 6.51. The molecule has 0 unspecified atom stereocenters. The summed E-state index contributed by atoms with van der Waals surface area (Å²) < 4.78 is 3.31. The second-order valence-electron chi connectivity index (χ2n) is 2.30. The highest BCUT2D eigenvalue weighted by Gasteiger charge is 1.97. The maximum atomic E-state index is 5.49. The summed E-state index contributed by atoms with van der Waals surface area (Å²) in [6, 6.07) is 3.65. The number of aromatic nitrogens is 1. The molecule has 13 heavy (non-hydrogen) atoms. The summed E-state index contributed by atoms with van der Waals surface area (Å²) in [5.74, 6) is 1.19. The zero-order valence-electron chi connectivity index (χ0n) is 6.77. The van der Waals surface area contributed by atoms with Crippen LogP contribution in [-0.2, 0) is 5.75 Å². The highest BCUT2D eigenvalue weighted by Crippen LogP contribution is 2.13. The number of pyridine rings is 1. The molecule has 0 bridgehead atoms. The fourth-order valence-electron chi connectivity index (χ4n) is 0.766. The van der Waals surface area contributed by atoms with Gasteiger partial charge in [-0.2, -0.15) is 4.51 Å². The monoisotopic (exact) mass is 216 g/mol. The van der Waals surface area contributed by atoms with Crippen molar-refractivity contribution in [1.82, 2.24) is 4.98 Å². The molecule has 0 aromatic carbocycles. The predicted octanol–water partition coefficient (Wildman–Crippen LogP) is 1.37. The minimum atomic E-state index is 0.344. The van der Waals surface area contributed by atoms with Gasteiger partial charge < -0.3 is 11.5 Å². The minimum Gasteiger partial charge on any atom is -0.384 e. The van der Waals surface area contributed by atoms with E-state index in [1.807, 2.05) is 6.07 Å². The molecule has 70 valence electrons. The van der Waals surface area contributed by atoms with Crippen LogP contribution in [0.25, 0.3) is 0 Å². The predicted molar refractivity (Wildman–Crippen MR) is 57.4 cm³/mol. The van der Waals surface area contributed by atoms with E-state index in [0.717, 1.165) is 5.56 Å². The number of nitrogens with zero attached hydrogens (tertiary/aromatic N) is 2. The van der Waals surface area contributed by atoms with Crippen LogP contribution in [-0.4, -0.2) is 10.2 Å². The first-order chi connectivity index (χ1) is 6.22. The third kappa shape index (κ3) is 3.52. The van der Waals surface area contributed by atoms with Crippen molar-refractivity contribution < 1.29 is 0 Å². The van der Waals surface area contributed by atoms with Gasteiger partial charge in [0.1, 0.15) is 5.82 Å². The van der Waals surface area contributed by atoms with Crippen molar-refractivity contribution in [3.8, 4) is 0 Å². The molecule has 0 radical (unpaired) electrons. The van der Waals surface area contributed by atoms with Crippen LogP contribution >= 0.6 is 23.5 Å². The van der Waals surface area contributed by atoms with Crippen molar-refractivity contribution in [3.05, 3.63) is 23.9 Å². The molecule has 0 atom stereocenters. The van der Waals surface area contributed by atoms with Gasteiger partial charge in [-0.15, -0.1) is 0 Å². The van der Waals surface area contributed by atoms with Crippen LogP contribution in [0, 0.1) is 0 Å². The SMILES string of the molecule is NC(=NCl)SCc1ccnc(N)c1. The van der Waals surface area contributed by atoms with E-state index in [2.05, 4.69) is 9.50 Å². The molecule has 0 saturated carbocycles. The number of halogens is 1. The normalized spacial score (nSPS) is 11.6. The number of hydrogen-bond donors (Lipinski definition) is 2. The molecule has 1 rings (SSSR count). The first-order valence-corrected chi connectivity index (χ1v) is 4.82. The highest BCUT2D eigenvalue weighted by atomic mass is 35.5. The Balaban J connectivity index is 2.55. The third-order valence-electron chi connectivity index (χ3n) is 1.32. The van der Waals surface area contributed by atoms with Crippen LogP contribution in [0.4, 0.5) is 5.82 Å². The average molecular weight is 217 g/mol. The molecule has 0 spiro atoms. The Morgan fingerprint density at radius 2 is 2.46 bits per heavy atom. The molecule has 0 aliphatic rings. The summed E-state index contributed by atoms with van der Waals surface area (Å²) in [6.45, 7) is 0. The van der Waals surface area contributed by atoms with Crippen molar-refractivity contribution in [2.75, 3.05) is 5.73 Å². The molecule has 1 heterocycles. The number of anilines is 1. The number of amidine groups is 1. The van der Waals surface area contributed by atoms with E-state index in [0.29, 0.717) is 16.7 Å². The van der Waals surface area contributed by atoms with Crippen molar-refractivity contribution in [1.29, 1.82) is 0 Å². The molecule has 0 aliphatic carbocycles. The van der Waals surface area contributed by atoms with Crippen LogP contribution in [0.5, 0.6) is 0 Å². The number of nitrogens with two attached hydrogens (primary N) is 2. The topological polar surface area (TPSA) is 77.3 Å². The maximum absolute atomic E-state index is 5.49. The fraction of sp³-hybridized carbons (Fsp3) is 0.143. The summed E-state index contributed by atoms with van der Waals surface area (Å²) in [4.78, 5) is 3.87. The largest absolute Gasteiger partial charge is 0.384 e. The Kier molecular flexibility index (Phi) is 3.85. The first-order valence-electron chi connectivity index (χ1n) is 3.50. The van der Waals surface area contributed by atoms with Gasteiger partial charge in [0.05, 0.1) is 0 Å². The number of thioether (sulfide) groups is 1. The summed E-state index contributed by atoms with van der Waals surface area (Å²) in [5, 5.41) is 0.344. The van der Waals surface area contributed by atoms with Crippen LogP contribution in [0.1, 0.15) is 5.56 Å². The van der Waals surface area contributed by atoms with Crippen LogP contribution in [0.3, 0.4) is 0 Å². The third-order valence-corrected chi connectivity index (χ3v) is 2.46. The molecule has 0 amide bonds. The van der Waals surface area contributed by atoms with Gasteiger partial charge in [-0.25, -0.2) is 4.98 Å². The van der Waals surface area contributed by atoms with Gasteiger partial charge in [0.15, 0.2) is 5.17 Å². The average Bonchev–Trinajstić information content (AvgIpc) is 2.14. The quantitative estimate of drug-likeness (QED) is 0.578. The van der Waals surface area contributed by atoms with E-state index in [-0.39, 0.29) is 0 Å². The zero-order valence-corrected chi connectivity index (χ0v) is 8.35. The van der Waals surface area contributed by atoms with Gasteiger partial charge >= 0.3 is 0 Å². The Morgan fingerprint density at radius 1 is 1.69 bits per heavy atom. The summed E-state index contributed by atoms with van der Waals surface area (Å²) in [7, 11) is 0. The molecular formula is C7H9ClN4S. The van der Waals surface area contributed by atoms with E-state index in [1.165, 1.54) is 11.8 Å². The molecule has 4 nitrogen and oxygen atoms in total. The molecule has 1 aromatic rings. The maximum Gasteiger partial charge on any atom is 0.172 e. The fourth-order valence-corrected chi connectivity index (χ4v) is 1.46. The lowest BCUT2D eigenvalue weighted by Crippen LogP contribution is -2.05. The Labute approximate surface area is 85.5 Å². The number of rotatable bonds is 2. The zero-order chi connectivity index (χ0) is 9.68. The van der Waals surface area contributed by atoms with E-state index >= 15 is 0 Å². The number of hydrogen-bond acceptors (Lipinski definition) is 4. The van der Waals surface area contributed by atoms with Crippen molar-refractivity contribution in [2.45, 2.75) is 5.75 Å². The van der Waals surface area contributed by atoms with Gasteiger partial charge in [0.2, 0.25) is 0 Å². The van der Waals surface area contributed by atoms with E-state index < -0.39 is 0 Å². The Bertz CT molecular complexity index is 315. The lowest BCUT2D eigenvalue weighted by Gasteiger charge is -2.00.